The van der Waals surface area contributed by atoms with Gasteiger partial charge in [-0.05, 0) is 19.8 Å². The van der Waals surface area contributed by atoms with Crippen LogP contribution in [0.4, 0.5) is 0 Å². The number of rotatable bonds is 0. The van der Waals surface area contributed by atoms with E-state index in [0.29, 0.717) is 0 Å². The van der Waals surface area contributed by atoms with Crippen LogP contribution in [0, 0.1) is 0 Å². The highest BCUT2D eigenvalue weighted by Crippen LogP contribution is 2.46. The quantitative estimate of drug-likeness (QED) is 0.492. The molecule has 2 aliphatic rings. The van der Waals surface area contributed by atoms with Gasteiger partial charge in [-0.1, -0.05) is 34.8 Å². The van der Waals surface area contributed by atoms with E-state index in [1.807, 2.05) is 11.8 Å². The molecule has 80 valence electrons. The van der Waals surface area contributed by atoms with Crippen LogP contribution in [0.15, 0.2) is 0 Å². The third kappa shape index (κ3) is 1.42. The van der Waals surface area contributed by atoms with Crippen molar-refractivity contribution in [3.8, 4) is 0 Å². The molecule has 0 radical (unpaired) electrons. The number of carbonyl (C=O) groups excluding carboxylic acids is 1. The van der Waals surface area contributed by atoms with Crippen molar-refractivity contribution >= 4 is 40.8 Å². The second kappa shape index (κ2) is 3.14. The molecule has 0 bridgehead atoms. The van der Waals surface area contributed by atoms with Gasteiger partial charge in [0.15, 0.2) is 0 Å². The van der Waals surface area contributed by atoms with Crippen molar-refractivity contribution < 1.29 is 9.53 Å². The summed E-state index contributed by atoms with van der Waals surface area (Å²) in [7, 11) is 0. The van der Waals surface area contributed by atoms with Crippen molar-refractivity contribution in [1.29, 1.82) is 0 Å². The largest absolute Gasteiger partial charge is 0.440 e. The van der Waals surface area contributed by atoms with Gasteiger partial charge in [0, 0.05) is 6.54 Å². The number of esters is 1. The number of ether oxygens (including phenoxy) is 1. The van der Waals surface area contributed by atoms with Crippen LogP contribution in [0.25, 0.3) is 0 Å². The van der Waals surface area contributed by atoms with Gasteiger partial charge >= 0.3 is 5.97 Å². The number of halogens is 3. The highest BCUT2D eigenvalue weighted by molar-refractivity contribution is 6.68. The molecule has 14 heavy (non-hydrogen) atoms. The van der Waals surface area contributed by atoms with Crippen LogP contribution in [0.3, 0.4) is 0 Å². The van der Waals surface area contributed by atoms with Crippen LogP contribution in [-0.4, -0.2) is 33.0 Å². The fourth-order valence-electron chi connectivity index (χ4n) is 2.11. The molecule has 0 aromatic heterocycles. The zero-order chi connectivity index (χ0) is 10.6. The summed E-state index contributed by atoms with van der Waals surface area (Å²) < 4.78 is 3.52. The summed E-state index contributed by atoms with van der Waals surface area (Å²) in [5.41, 5.74) is -0.589. The number of nitrogens with zero attached hydrogens (tertiary/aromatic N) is 1. The molecule has 0 aliphatic carbocycles. The predicted octanol–water partition coefficient (Wildman–Crippen LogP) is 2.09. The van der Waals surface area contributed by atoms with Gasteiger partial charge < -0.3 is 4.74 Å². The van der Waals surface area contributed by atoms with Crippen LogP contribution >= 0.6 is 34.8 Å². The maximum atomic E-state index is 11.6. The fraction of sp³-hybridized carbons (Fsp3) is 0.875. The number of carbonyl (C=O) groups is 1. The van der Waals surface area contributed by atoms with Crippen LogP contribution in [0.2, 0.25) is 0 Å². The second-order valence-corrected chi connectivity index (χ2v) is 6.24. The summed E-state index contributed by atoms with van der Waals surface area (Å²) in [4.78, 5) is 13.4. The normalized spacial score (nSPS) is 38.6. The van der Waals surface area contributed by atoms with Crippen molar-refractivity contribution in [3.63, 3.8) is 0 Å². The molecule has 2 atom stereocenters. The molecule has 0 spiro atoms. The third-order valence-corrected chi connectivity index (χ3v) is 3.48. The monoisotopic (exact) mass is 257 g/mol. The van der Waals surface area contributed by atoms with E-state index < -0.39 is 15.6 Å². The molecule has 0 aromatic carbocycles. The Kier molecular flexibility index (Phi) is 2.43. The lowest BCUT2D eigenvalue weighted by molar-refractivity contribution is -0.145. The smallest absolute Gasteiger partial charge is 0.328 e. The minimum Gasteiger partial charge on any atom is -0.440 e. The molecular weight excluding hydrogens is 248 g/mol. The Balaban J connectivity index is 2.30. The molecule has 3 nitrogen and oxygen atoms in total. The van der Waals surface area contributed by atoms with Crippen molar-refractivity contribution in [2.45, 2.75) is 35.3 Å². The molecule has 2 aliphatic heterocycles. The van der Waals surface area contributed by atoms with E-state index in [1.54, 1.807) is 0 Å². The number of fused-ring (bicyclic) bond motifs is 1. The van der Waals surface area contributed by atoms with E-state index in [4.69, 9.17) is 39.5 Å². The molecule has 0 aromatic rings. The number of hydrogen-bond acceptors (Lipinski definition) is 3. The molecule has 2 fully saturated rings. The maximum absolute atomic E-state index is 11.6. The van der Waals surface area contributed by atoms with Gasteiger partial charge in [-0.15, -0.1) is 0 Å². The summed E-state index contributed by atoms with van der Waals surface area (Å²) in [6.45, 7) is 2.57. The Labute approximate surface area is 97.2 Å². The summed E-state index contributed by atoms with van der Waals surface area (Å²) in [5, 5.41) is 0. The lowest BCUT2D eigenvalue weighted by Gasteiger charge is -2.29. The average Bonchev–Trinajstić information content (AvgIpc) is 2.49. The van der Waals surface area contributed by atoms with Crippen molar-refractivity contribution in [3.05, 3.63) is 0 Å². The topological polar surface area (TPSA) is 29.5 Å². The minimum absolute atomic E-state index is 0.286. The first kappa shape index (κ1) is 10.8. The van der Waals surface area contributed by atoms with E-state index >= 15 is 0 Å². The Morgan fingerprint density at radius 3 is 2.79 bits per heavy atom. The lowest BCUT2D eigenvalue weighted by atomic mass is 10.0. The van der Waals surface area contributed by atoms with E-state index in [0.717, 1.165) is 19.4 Å². The van der Waals surface area contributed by atoms with E-state index in [9.17, 15) is 4.79 Å². The van der Waals surface area contributed by atoms with Crippen molar-refractivity contribution in [2.24, 2.45) is 0 Å². The van der Waals surface area contributed by atoms with E-state index in [1.165, 1.54) is 0 Å². The Bertz CT molecular complexity index is 278. The minimum atomic E-state index is -1.57. The van der Waals surface area contributed by atoms with Crippen molar-refractivity contribution in [2.75, 3.05) is 6.54 Å². The molecule has 2 saturated heterocycles. The standard InChI is InChI=1S/C8H10Cl3NO2/c1-7-3-2-4-12(7)5(8(9,10)11)14-6(7)13/h5H,2-4H2,1H3/t5?,7-/m0/s1. The molecule has 6 heteroatoms. The van der Waals surface area contributed by atoms with Gasteiger partial charge in [-0.25, -0.2) is 9.69 Å². The highest BCUT2D eigenvalue weighted by atomic mass is 35.6. The Morgan fingerprint density at radius 1 is 1.57 bits per heavy atom. The first-order chi connectivity index (χ1) is 6.36. The van der Waals surface area contributed by atoms with Crippen molar-refractivity contribution in [1.82, 2.24) is 4.90 Å². The lowest BCUT2D eigenvalue weighted by Crippen LogP contribution is -2.47. The number of hydrogen-bond donors (Lipinski definition) is 0. The first-order valence-electron chi connectivity index (χ1n) is 4.40. The number of alkyl halides is 3. The molecule has 1 unspecified atom stereocenters. The Hall–Kier alpha value is 0.300. The van der Waals surface area contributed by atoms with E-state index in [2.05, 4.69) is 0 Å². The van der Waals surface area contributed by atoms with Gasteiger partial charge in [0.2, 0.25) is 10.0 Å². The summed E-state index contributed by atoms with van der Waals surface area (Å²) >= 11 is 17.2. The summed E-state index contributed by atoms with van der Waals surface area (Å²) in [6, 6.07) is 0. The predicted molar refractivity (Wildman–Crippen MR) is 54.5 cm³/mol. The number of cyclic esters (lactones) is 1. The molecule has 0 N–H and O–H groups in total. The zero-order valence-corrected chi connectivity index (χ0v) is 9.86. The average molecular weight is 259 g/mol. The molecule has 2 heterocycles. The zero-order valence-electron chi connectivity index (χ0n) is 7.60. The van der Waals surface area contributed by atoms with Gasteiger partial charge in [-0.3, -0.25) is 0 Å². The summed E-state index contributed by atoms with van der Waals surface area (Å²) in [6.07, 6.45) is 0.957. The third-order valence-electron chi connectivity index (χ3n) is 2.92. The molecule has 0 amide bonds. The molecule has 2 rings (SSSR count). The van der Waals surface area contributed by atoms with Gasteiger partial charge in [0.25, 0.3) is 0 Å². The SMILES string of the molecule is C[C@@]12CCCN1C(C(Cl)(Cl)Cl)OC2=O. The second-order valence-electron chi connectivity index (χ2n) is 3.87. The molecular formula is C8H10Cl3NO2. The van der Waals surface area contributed by atoms with Crippen LogP contribution < -0.4 is 0 Å². The van der Waals surface area contributed by atoms with Crippen LogP contribution in [0.1, 0.15) is 19.8 Å². The van der Waals surface area contributed by atoms with Crippen LogP contribution in [-0.2, 0) is 9.53 Å². The first-order valence-corrected chi connectivity index (χ1v) is 5.54. The summed E-state index contributed by atoms with van der Waals surface area (Å²) in [5.74, 6) is -0.286. The van der Waals surface area contributed by atoms with Crippen LogP contribution in [0.5, 0.6) is 0 Å². The van der Waals surface area contributed by atoms with E-state index in [-0.39, 0.29) is 5.97 Å². The fourth-order valence-corrected chi connectivity index (χ4v) is 2.60. The molecule has 0 saturated carbocycles. The Morgan fingerprint density at radius 2 is 2.21 bits per heavy atom. The van der Waals surface area contributed by atoms with Gasteiger partial charge in [0.05, 0.1) is 0 Å². The van der Waals surface area contributed by atoms with Gasteiger partial charge in [0.1, 0.15) is 5.54 Å². The highest BCUT2D eigenvalue weighted by Gasteiger charge is 2.59. The van der Waals surface area contributed by atoms with Gasteiger partial charge in [-0.2, -0.15) is 0 Å². The maximum Gasteiger partial charge on any atom is 0.328 e.